The normalized spacial score (nSPS) is 27.7. The summed E-state index contributed by atoms with van der Waals surface area (Å²) in [6.45, 7) is 4.31. The number of carbonyl (C=O) groups excluding carboxylic acids is 4. The van der Waals surface area contributed by atoms with E-state index in [1.807, 2.05) is 0 Å². The van der Waals surface area contributed by atoms with Crippen LogP contribution in [-0.2, 0) is 29.0 Å². The van der Waals surface area contributed by atoms with Crippen molar-refractivity contribution in [2.45, 2.75) is 89.1 Å². The fourth-order valence-corrected chi connectivity index (χ4v) is 6.14. The third-order valence-corrected chi connectivity index (χ3v) is 8.66. The molecule has 4 amide bonds. The zero-order valence-electron chi connectivity index (χ0n) is 23.4. The SMILES string of the molecule is CC(C)(C)C(NC(=O)C(F)(F)F)C(=O)N1C2CCC(C1C(=O)NC(C=C(F)S(C)(=O)=O)CC1CCNC1=O)C(F)(F)C2. The maximum atomic E-state index is 15.1. The van der Waals surface area contributed by atoms with E-state index in [0.29, 0.717) is 12.3 Å². The van der Waals surface area contributed by atoms with Crippen LogP contribution < -0.4 is 16.0 Å². The van der Waals surface area contributed by atoms with Crippen LogP contribution in [0.2, 0.25) is 0 Å². The Hall–Kier alpha value is -2.85. The van der Waals surface area contributed by atoms with Gasteiger partial charge in [-0.3, -0.25) is 19.2 Å². The zero-order chi connectivity index (χ0) is 32.0. The molecule has 3 N–H and O–H groups in total. The standard InChI is InChI=1S/C25H34F6N4O6S/c1-23(2,3)18(34-22(39)25(29,30)31)21(38)35-14-5-6-15(24(27,28)11-14)17(35)20(37)33-13(10-16(26)42(4,40)41)9-12-7-8-32-19(12)36/h10,12-15,17-18H,5-9,11H2,1-4H3,(H,32,36)(H,33,37)(H,34,39). The molecule has 17 heteroatoms. The monoisotopic (exact) mass is 632 g/mol. The lowest BCUT2D eigenvalue weighted by molar-refractivity contribution is -0.197. The van der Waals surface area contributed by atoms with Crippen LogP contribution in [0.25, 0.3) is 0 Å². The van der Waals surface area contributed by atoms with Crippen LogP contribution in [0.15, 0.2) is 11.2 Å². The molecule has 3 aliphatic heterocycles. The largest absolute Gasteiger partial charge is 0.471 e. The number of sulfone groups is 1. The predicted molar refractivity (Wildman–Crippen MR) is 136 cm³/mol. The van der Waals surface area contributed by atoms with Gasteiger partial charge in [-0.15, -0.1) is 0 Å². The van der Waals surface area contributed by atoms with E-state index in [2.05, 4.69) is 10.6 Å². The molecule has 3 saturated heterocycles. The summed E-state index contributed by atoms with van der Waals surface area (Å²) in [5, 5.41) is 4.81. The summed E-state index contributed by atoms with van der Waals surface area (Å²) in [6.07, 6.45) is -5.38. The summed E-state index contributed by atoms with van der Waals surface area (Å²) in [4.78, 5) is 52.0. The van der Waals surface area contributed by atoms with E-state index in [0.717, 1.165) is 4.90 Å². The third kappa shape index (κ3) is 7.37. The Morgan fingerprint density at radius 1 is 1.12 bits per heavy atom. The van der Waals surface area contributed by atoms with Gasteiger partial charge in [-0.05, 0) is 37.2 Å². The van der Waals surface area contributed by atoms with E-state index >= 15 is 8.78 Å². The molecule has 6 unspecified atom stereocenters. The molecule has 238 valence electrons. The van der Waals surface area contributed by atoms with Gasteiger partial charge in [-0.2, -0.15) is 17.6 Å². The van der Waals surface area contributed by atoms with Crippen LogP contribution in [0.4, 0.5) is 26.3 Å². The van der Waals surface area contributed by atoms with Crippen LogP contribution in [0, 0.1) is 17.3 Å². The Morgan fingerprint density at radius 2 is 1.74 bits per heavy atom. The van der Waals surface area contributed by atoms with E-state index < -0.39 is 98.6 Å². The van der Waals surface area contributed by atoms with E-state index in [1.54, 1.807) is 5.32 Å². The Bertz CT molecular complexity index is 1250. The summed E-state index contributed by atoms with van der Waals surface area (Å²) in [5.41, 5.74) is -1.35. The highest BCUT2D eigenvalue weighted by Crippen LogP contribution is 2.49. The topological polar surface area (TPSA) is 142 Å². The summed E-state index contributed by atoms with van der Waals surface area (Å²) < 4.78 is 107. The highest BCUT2D eigenvalue weighted by molar-refractivity contribution is 7.94. The molecule has 1 aliphatic carbocycles. The number of nitrogens with zero attached hydrogens (tertiary/aromatic N) is 1. The van der Waals surface area contributed by atoms with Gasteiger partial charge in [0.1, 0.15) is 12.1 Å². The number of halogens is 6. The number of hydrogen-bond acceptors (Lipinski definition) is 6. The molecule has 0 aromatic carbocycles. The fourth-order valence-electron chi connectivity index (χ4n) is 5.73. The van der Waals surface area contributed by atoms with E-state index in [1.165, 1.54) is 20.8 Å². The Labute approximate surface area is 238 Å². The van der Waals surface area contributed by atoms with Gasteiger partial charge in [-0.1, -0.05) is 20.8 Å². The van der Waals surface area contributed by atoms with Crippen molar-refractivity contribution >= 4 is 33.5 Å². The number of piperidine rings is 2. The van der Waals surface area contributed by atoms with Gasteiger partial charge in [0.05, 0.1) is 12.0 Å². The highest BCUT2D eigenvalue weighted by atomic mass is 32.2. The Balaban J connectivity index is 2.00. The summed E-state index contributed by atoms with van der Waals surface area (Å²) in [5.74, 6) is -11.3. The van der Waals surface area contributed by atoms with Gasteiger partial charge in [-0.25, -0.2) is 17.2 Å². The molecule has 42 heavy (non-hydrogen) atoms. The first-order chi connectivity index (χ1) is 19.0. The molecule has 3 heterocycles. The number of alkyl halides is 5. The summed E-state index contributed by atoms with van der Waals surface area (Å²) in [7, 11) is -4.38. The maximum absolute atomic E-state index is 15.1. The second-order valence-corrected chi connectivity index (χ2v) is 14.1. The minimum Gasteiger partial charge on any atom is -0.356 e. The van der Waals surface area contributed by atoms with Gasteiger partial charge in [0.25, 0.3) is 5.92 Å². The molecular formula is C25H34F6N4O6S. The smallest absolute Gasteiger partial charge is 0.356 e. The van der Waals surface area contributed by atoms with Gasteiger partial charge >= 0.3 is 12.1 Å². The quantitative estimate of drug-likeness (QED) is 0.350. The lowest BCUT2D eigenvalue weighted by Gasteiger charge is -2.55. The van der Waals surface area contributed by atoms with E-state index in [4.69, 9.17) is 0 Å². The molecule has 0 aromatic rings. The molecule has 4 fully saturated rings. The van der Waals surface area contributed by atoms with Crippen molar-refractivity contribution in [3.8, 4) is 0 Å². The number of carbonyl (C=O) groups is 4. The lowest BCUT2D eigenvalue weighted by Crippen LogP contribution is -2.71. The molecule has 0 radical (unpaired) electrons. The van der Waals surface area contributed by atoms with Gasteiger partial charge in [0.15, 0.2) is 0 Å². The molecule has 4 rings (SSSR count). The van der Waals surface area contributed by atoms with Crippen LogP contribution in [0.3, 0.4) is 0 Å². The van der Waals surface area contributed by atoms with Crippen molar-refractivity contribution in [3.05, 3.63) is 11.2 Å². The average molecular weight is 633 g/mol. The molecule has 0 spiro atoms. The second kappa shape index (κ2) is 11.7. The number of fused-ring (bicyclic) bond motifs is 3. The third-order valence-electron chi connectivity index (χ3n) is 7.82. The maximum Gasteiger partial charge on any atom is 0.471 e. The number of amides is 4. The molecule has 1 saturated carbocycles. The fraction of sp³-hybridized carbons (Fsp3) is 0.760. The molecule has 6 atom stereocenters. The molecule has 10 nitrogen and oxygen atoms in total. The number of nitrogens with one attached hydrogen (secondary N) is 3. The average Bonchev–Trinajstić information content (AvgIpc) is 3.22. The number of hydrogen-bond donors (Lipinski definition) is 3. The minimum atomic E-state index is -5.36. The zero-order valence-corrected chi connectivity index (χ0v) is 24.2. The van der Waals surface area contributed by atoms with Gasteiger partial charge in [0, 0.05) is 31.2 Å². The highest BCUT2D eigenvalue weighted by Gasteiger charge is 2.61. The molecule has 4 aliphatic rings. The van der Waals surface area contributed by atoms with Crippen molar-refractivity contribution in [2.75, 3.05) is 12.8 Å². The van der Waals surface area contributed by atoms with Crippen LogP contribution in [0.5, 0.6) is 0 Å². The first-order valence-corrected chi connectivity index (χ1v) is 15.2. The lowest BCUT2D eigenvalue weighted by atomic mass is 9.70. The molecular weight excluding hydrogens is 598 g/mol. The van der Waals surface area contributed by atoms with Gasteiger partial charge in [0.2, 0.25) is 32.7 Å². The van der Waals surface area contributed by atoms with Gasteiger partial charge < -0.3 is 20.9 Å². The first-order valence-electron chi connectivity index (χ1n) is 13.3. The van der Waals surface area contributed by atoms with Crippen LogP contribution >= 0.6 is 0 Å². The van der Waals surface area contributed by atoms with E-state index in [9.17, 15) is 45.2 Å². The first kappa shape index (κ1) is 33.6. The van der Waals surface area contributed by atoms with E-state index in [-0.39, 0.29) is 32.2 Å². The second-order valence-electron chi connectivity index (χ2n) is 12.1. The van der Waals surface area contributed by atoms with Crippen molar-refractivity contribution in [3.63, 3.8) is 0 Å². The summed E-state index contributed by atoms with van der Waals surface area (Å²) in [6, 6.07) is -6.56. The molecule has 0 aromatic heterocycles. The van der Waals surface area contributed by atoms with Crippen molar-refractivity contribution < 1.29 is 53.9 Å². The van der Waals surface area contributed by atoms with Crippen LogP contribution in [0.1, 0.15) is 52.9 Å². The minimum absolute atomic E-state index is 0.00808. The number of rotatable bonds is 8. The van der Waals surface area contributed by atoms with Crippen molar-refractivity contribution in [2.24, 2.45) is 17.3 Å². The van der Waals surface area contributed by atoms with Crippen molar-refractivity contribution in [1.82, 2.24) is 20.9 Å². The summed E-state index contributed by atoms with van der Waals surface area (Å²) >= 11 is 0. The Morgan fingerprint density at radius 3 is 2.21 bits per heavy atom. The Kier molecular flexibility index (Phi) is 9.36. The van der Waals surface area contributed by atoms with Crippen molar-refractivity contribution in [1.29, 1.82) is 0 Å². The molecule has 2 bridgehead atoms. The van der Waals surface area contributed by atoms with Crippen LogP contribution in [-0.4, -0.2) is 86.0 Å². The predicted octanol–water partition coefficient (Wildman–Crippen LogP) is 1.96.